The highest BCUT2D eigenvalue weighted by molar-refractivity contribution is 7.92. The number of nitrogens with one attached hydrogen (secondary N) is 1. The molecule has 0 saturated heterocycles. The van der Waals surface area contributed by atoms with Gasteiger partial charge in [0, 0.05) is 37.7 Å². The van der Waals surface area contributed by atoms with Crippen molar-refractivity contribution >= 4 is 27.5 Å². The molecule has 0 aliphatic carbocycles. The number of benzene rings is 2. The average Bonchev–Trinajstić information content (AvgIpc) is 2.82. The smallest absolute Gasteiger partial charge is 0.242 e. The molecule has 2 amide bonds. The number of hydrogen-bond acceptors (Lipinski definition) is 4. The molecule has 2 aromatic rings. The third-order valence-electron chi connectivity index (χ3n) is 5.64. The van der Waals surface area contributed by atoms with Crippen molar-refractivity contribution in [3.05, 3.63) is 65.5 Å². The number of hydrogen-bond donors (Lipinski definition) is 1. The van der Waals surface area contributed by atoms with Gasteiger partial charge in [-0.1, -0.05) is 31.5 Å². The minimum absolute atomic E-state index is 0.0306. The van der Waals surface area contributed by atoms with Crippen LogP contribution in [0.3, 0.4) is 0 Å². The van der Waals surface area contributed by atoms with Crippen molar-refractivity contribution in [2.24, 2.45) is 0 Å². The Kier molecular flexibility index (Phi) is 10.8. The van der Waals surface area contributed by atoms with Gasteiger partial charge < -0.3 is 10.2 Å². The lowest BCUT2D eigenvalue weighted by Crippen LogP contribution is -2.48. The standard InChI is InChI=1S/C25H32F3N3O4S/c1-4-5-14-29-25(33)18(2)30(17-19-9-6-7-10-21(19)26)24(32)11-8-15-31(36(3,34)35)20-12-13-22(27)23(28)16-20/h6-7,9-10,12-13,16,18H,4-5,8,11,14-15,17H2,1-3H3,(H,29,33)/t18-/m0/s1. The molecule has 0 bridgehead atoms. The highest BCUT2D eigenvalue weighted by Gasteiger charge is 2.27. The van der Waals surface area contributed by atoms with Crippen molar-refractivity contribution in [2.75, 3.05) is 23.7 Å². The van der Waals surface area contributed by atoms with Crippen LogP contribution in [0.25, 0.3) is 0 Å². The summed E-state index contributed by atoms with van der Waals surface area (Å²) >= 11 is 0. The second-order valence-corrected chi connectivity index (χ2v) is 10.4. The number of halogens is 3. The van der Waals surface area contributed by atoms with Gasteiger partial charge >= 0.3 is 0 Å². The number of unbranched alkanes of at least 4 members (excludes halogenated alkanes) is 1. The molecular weight excluding hydrogens is 495 g/mol. The molecule has 0 aliphatic heterocycles. The fourth-order valence-electron chi connectivity index (χ4n) is 3.57. The summed E-state index contributed by atoms with van der Waals surface area (Å²) in [6.07, 6.45) is 2.44. The number of anilines is 1. The summed E-state index contributed by atoms with van der Waals surface area (Å²) in [5.74, 6) is -3.69. The number of amides is 2. The molecule has 0 unspecified atom stereocenters. The normalized spacial score (nSPS) is 12.2. The summed E-state index contributed by atoms with van der Waals surface area (Å²) in [5.41, 5.74) is 0.161. The molecule has 1 N–H and O–H groups in total. The molecule has 7 nitrogen and oxygen atoms in total. The first-order chi connectivity index (χ1) is 17.0. The molecule has 0 radical (unpaired) electrons. The molecule has 0 aromatic heterocycles. The van der Waals surface area contributed by atoms with Crippen molar-refractivity contribution < 1.29 is 31.2 Å². The summed E-state index contributed by atoms with van der Waals surface area (Å²) in [4.78, 5) is 27.0. The highest BCUT2D eigenvalue weighted by Crippen LogP contribution is 2.22. The van der Waals surface area contributed by atoms with Crippen LogP contribution in [-0.4, -0.2) is 50.5 Å². The Balaban J connectivity index is 2.17. The molecule has 2 rings (SSSR count). The van der Waals surface area contributed by atoms with Crippen LogP contribution in [0.4, 0.5) is 18.9 Å². The maximum atomic E-state index is 14.3. The SMILES string of the molecule is CCCCNC(=O)[C@H](C)N(Cc1ccccc1F)C(=O)CCCN(c1ccc(F)c(F)c1)S(C)(=O)=O. The Labute approximate surface area is 210 Å². The van der Waals surface area contributed by atoms with Gasteiger partial charge in [0.2, 0.25) is 21.8 Å². The number of sulfonamides is 1. The van der Waals surface area contributed by atoms with Gasteiger partial charge in [-0.2, -0.15) is 0 Å². The quantitative estimate of drug-likeness (QED) is 0.399. The van der Waals surface area contributed by atoms with Crippen molar-refractivity contribution in [3.8, 4) is 0 Å². The zero-order valence-electron chi connectivity index (χ0n) is 20.6. The summed E-state index contributed by atoms with van der Waals surface area (Å²) < 4.78 is 66.7. The number of nitrogens with zero attached hydrogens (tertiary/aromatic N) is 2. The monoisotopic (exact) mass is 527 g/mol. The molecule has 1 atom stereocenters. The van der Waals surface area contributed by atoms with Crippen molar-refractivity contribution in [1.29, 1.82) is 0 Å². The first kappa shape index (κ1) is 29.2. The third-order valence-corrected chi connectivity index (χ3v) is 6.83. The fourth-order valence-corrected chi connectivity index (χ4v) is 4.53. The summed E-state index contributed by atoms with van der Waals surface area (Å²) in [5, 5.41) is 2.76. The van der Waals surface area contributed by atoms with Crippen molar-refractivity contribution in [1.82, 2.24) is 10.2 Å². The van der Waals surface area contributed by atoms with Gasteiger partial charge in [0.25, 0.3) is 0 Å². The first-order valence-corrected chi connectivity index (χ1v) is 13.5. The van der Waals surface area contributed by atoms with E-state index < -0.39 is 39.4 Å². The van der Waals surface area contributed by atoms with Crippen LogP contribution in [0.2, 0.25) is 0 Å². The topological polar surface area (TPSA) is 86.8 Å². The van der Waals surface area contributed by atoms with Crippen LogP contribution < -0.4 is 9.62 Å². The van der Waals surface area contributed by atoms with E-state index in [-0.39, 0.29) is 43.1 Å². The van der Waals surface area contributed by atoms with Gasteiger partial charge in [0.15, 0.2) is 11.6 Å². The minimum atomic E-state index is -3.86. The fraction of sp³-hybridized carbons (Fsp3) is 0.440. The number of carbonyl (C=O) groups excluding carboxylic acids is 2. The molecular formula is C25H32F3N3O4S. The molecule has 0 aliphatic rings. The van der Waals surface area contributed by atoms with Gasteiger partial charge in [0.05, 0.1) is 11.9 Å². The van der Waals surface area contributed by atoms with E-state index in [2.05, 4.69) is 5.32 Å². The van der Waals surface area contributed by atoms with Crippen LogP contribution in [0.1, 0.15) is 45.1 Å². The average molecular weight is 528 g/mol. The van der Waals surface area contributed by atoms with E-state index in [1.807, 2.05) is 6.92 Å². The summed E-state index contributed by atoms with van der Waals surface area (Å²) in [7, 11) is -3.86. The van der Waals surface area contributed by atoms with Crippen LogP contribution >= 0.6 is 0 Å². The molecule has 0 spiro atoms. The van der Waals surface area contributed by atoms with E-state index in [1.165, 1.54) is 23.1 Å². The molecule has 2 aromatic carbocycles. The Bertz CT molecular complexity index is 1160. The second-order valence-electron chi connectivity index (χ2n) is 8.47. The molecule has 198 valence electrons. The largest absolute Gasteiger partial charge is 0.354 e. The zero-order chi connectivity index (χ0) is 26.9. The lowest BCUT2D eigenvalue weighted by molar-refractivity contribution is -0.140. The molecule has 11 heteroatoms. The van der Waals surface area contributed by atoms with Crippen molar-refractivity contribution in [2.45, 2.75) is 52.1 Å². The van der Waals surface area contributed by atoms with Crippen molar-refractivity contribution in [3.63, 3.8) is 0 Å². The second kappa shape index (κ2) is 13.3. The Hall–Kier alpha value is -3.08. The minimum Gasteiger partial charge on any atom is -0.354 e. The number of carbonyl (C=O) groups is 2. The Morgan fingerprint density at radius 2 is 1.69 bits per heavy atom. The highest BCUT2D eigenvalue weighted by atomic mass is 32.2. The van der Waals surface area contributed by atoms with Gasteiger partial charge in [0.1, 0.15) is 11.9 Å². The third kappa shape index (κ3) is 8.25. The molecule has 0 saturated carbocycles. The van der Waals surface area contributed by atoms with E-state index >= 15 is 0 Å². The molecule has 0 heterocycles. The van der Waals surface area contributed by atoms with E-state index in [4.69, 9.17) is 0 Å². The summed E-state index contributed by atoms with van der Waals surface area (Å²) in [6, 6.07) is 7.75. The Morgan fingerprint density at radius 1 is 1.00 bits per heavy atom. The lowest BCUT2D eigenvalue weighted by Gasteiger charge is -2.29. The maximum Gasteiger partial charge on any atom is 0.242 e. The van der Waals surface area contributed by atoms with Gasteiger partial charge in [-0.25, -0.2) is 21.6 Å². The van der Waals surface area contributed by atoms with Crippen LogP contribution in [0.15, 0.2) is 42.5 Å². The molecule has 36 heavy (non-hydrogen) atoms. The van der Waals surface area contributed by atoms with E-state index in [0.717, 1.165) is 41.6 Å². The van der Waals surface area contributed by atoms with Gasteiger partial charge in [-0.05, 0) is 38.0 Å². The van der Waals surface area contributed by atoms with E-state index in [0.29, 0.717) is 6.54 Å². The van der Waals surface area contributed by atoms with Gasteiger partial charge in [-0.3, -0.25) is 13.9 Å². The number of rotatable bonds is 13. The summed E-state index contributed by atoms with van der Waals surface area (Å²) in [6.45, 7) is 3.64. The van der Waals surface area contributed by atoms with Crippen LogP contribution in [0.5, 0.6) is 0 Å². The first-order valence-electron chi connectivity index (χ1n) is 11.7. The van der Waals surface area contributed by atoms with Crippen LogP contribution in [-0.2, 0) is 26.2 Å². The Morgan fingerprint density at radius 3 is 2.31 bits per heavy atom. The maximum absolute atomic E-state index is 14.3. The van der Waals surface area contributed by atoms with E-state index in [1.54, 1.807) is 13.0 Å². The van der Waals surface area contributed by atoms with E-state index in [9.17, 15) is 31.2 Å². The zero-order valence-corrected chi connectivity index (χ0v) is 21.5. The predicted octanol–water partition coefficient (Wildman–Crippen LogP) is 3.98. The molecule has 0 fully saturated rings. The lowest BCUT2D eigenvalue weighted by atomic mass is 10.1. The van der Waals surface area contributed by atoms with Gasteiger partial charge in [-0.15, -0.1) is 0 Å². The van der Waals surface area contributed by atoms with Crippen LogP contribution in [0, 0.1) is 17.5 Å². The predicted molar refractivity (Wildman–Crippen MR) is 132 cm³/mol.